The molecule has 0 saturated carbocycles. The van der Waals surface area contributed by atoms with E-state index >= 15 is 0 Å². The lowest BCUT2D eigenvalue weighted by molar-refractivity contribution is -0.116. The Morgan fingerprint density at radius 1 is 1.39 bits per heavy atom. The minimum absolute atomic E-state index is 0.00175. The van der Waals surface area contributed by atoms with Crippen molar-refractivity contribution in [1.29, 1.82) is 0 Å². The van der Waals surface area contributed by atoms with Gasteiger partial charge in [0.1, 0.15) is 0 Å². The molecule has 1 aromatic heterocycles. The maximum atomic E-state index is 12.0. The lowest BCUT2D eigenvalue weighted by Crippen LogP contribution is -2.16. The molecule has 1 aromatic carbocycles. The number of aromatic nitrogens is 2. The second kappa shape index (κ2) is 7.42. The van der Waals surface area contributed by atoms with Crippen LogP contribution in [0.15, 0.2) is 42.6 Å². The van der Waals surface area contributed by atoms with E-state index in [2.05, 4.69) is 29.5 Å². The molecule has 0 bridgehead atoms. The van der Waals surface area contributed by atoms with E-state index in [1.54, 1.807) is 0 Å². The predicted molar refractivity (Wildman–Crippen MR) is 89.3 cm³/mol. The summed E-state index contributed by atoms with van der Waals surface area (Å²) in [6.07, 6.45) is 5.58. The molecular weight excluding hydrogens is 290 g/mol. The highest BCUT2D eigenvalue weighted by Crippen LogP contribution is 2.19. The number of rotatable bonds is 6. The first-order valence-electron chi connectivity index (χ1n) is 8.24. The maximum Gasteiger partial charge on any atom is 0.225 e. The van der Waals surface area contributed by atoms with Gasteiger partial charge in [0.05, 0.1) is 12.1 Å². The lowest BCUT2D eigenvalue weighted by atomic mass is 10.1. The molecule has 1 N–H and O–H groups in total. The molecule has 2 heterocycles. The Hall–Kier alpha value is -2.14. The standard InChI is InChI=1S/C18H23N3O2/c1-14(15-6-3-2-4-7-15)21-12-11-17(20-21)19-18(22)10-9-16-8-5-13-23-16/h2-4,6-7,11-12,14,16H,5,8-10,13H2,1H3,(H,19,20,22)/t14-,16-/m0/s1. The molecule has 1 amide bonds. The molecule has 0 unspecified atom stereocenters. The SMILES string of the molecule is C[C@@H](c1ccccc1)n1ccc(NC(=O)CC[C@@H]2CCCO2)n1. The van der Waals surface area contributed by atoms with Gasteiger partial charge in [-0.2, -0.15) is 5.10 Å². The van der Waals surface area contributed by atoms with Crippen LogP contribution in [0.4, 0.5) is 5.82 Å². The van der Waals surface area contributed by atoms with Gasteiger partial charge in [-0.1, -0.05) is 30.3 Å². The van der Waals surface area contributed by atoms with E-state index in [-0.39, 0.29) is 18.1 Å². The summed E-state index contributed by atoms with van der Waals surface area (Å²) in [6.45, 7) is 2.92. The first kappa shape index (κ1) is 15.7. The Morgan fingerprint density at radius 3 is 2.96 bits per heavy atom. The minimum Gasteiger partial charge on any atom is -0.378 e. The Morgan fingerprint density at radius 2 is 2.22 bits per heavy atom. The summed E-state index contributed by atoms with van der Waals surface area (Å²) in [5.74, 6) is 0.600. The number of benzene rings is 1. The van der Waals surface area contributed by atoms with Crippen LogP contribution in [0.5, 0.6) is 0 Å². The van der Waals surface area contributed by atoms with Gasteiger partial charge in [-0.25, -0.2) is 0 Å². The number of hydrogen-bond donors (Lipinski definition) is 1. The number of carbonyl (C=O) groups excluding carboxylic acids is 1. The van der Waals surface area contributed by atoms with E-state index in [4.69, 9.17) is 4.74 Å². The van der Waals surface area contributed by atoms with Crippen LogP contribution in [-0.4, -0.2) is 28.4 Å². The monoisotopic (exact) mass is 313 g/mol. The summed E-state index contributed by atoms with van der Waals surface area (Å²) in [4.78, 5) is 12.0. The number of amides is 1. The van der Waals surface area contributed by atoms with Gasteiger partial charge in [0, 0.05) is 25.3 Å². The molecule has 5 nitrogen and oxygen atoms in total. The normalized spacial score (nSPS) is 18.7. The quantitative estimate of drug-likeness (QED) is 0.889. The van der Waals surface area contributed by atoms with Crippen molar-refractivity contribution in [2.45, 2.75) is 44.8 Å². The van der Waals surface area contributed by atoms with Crippen LogP contribution in [0, 0.1) is 0 Å². The summed E-state index contributed by atoms with van der Waals surface area (Å²) in [6, 6.07) is 12.2. The number of ether oxygens (including phenoxy) is 1. The maximum absolute atomic E-state index is 12.0. The van der Waals surface area contributed by atoms with Gasteiger partial charge in [0.25, 0.3) is 0 Å². The van der Waals surface area contributed by atoms with Crippen molar-refractivity contribution >= 4 is 11.7 Å². The van der Waals surface area contributed by atoms with E-state index in [1.165, 1.54) is 5.56 Å². The molecule has 1 saturated heterocycles. The topological polar surface area (TPSA) is 56.2 Å². The van der Waals surface area contributed by atoms with Gasteiger partial charge in [-0.3, -0.25) is 9.48 Å². The molecule has 0 radical (unpaired) electrons. The number of hydrogen-bond acceptors (Lipinski definition) is 3. The summed E-state index contributed by atoms with van der Waals surface area (Å²) < 4.78 is 7.40. The first-order chi connectivity index (χ1) is 11.2. The zero-order chi connectivity index (χ0) is 16.1. The van der Waals surface area contributed by atoms with Crippen molar-refractivity contribution < 1.29 is 9.53 Å². The van der Waals surface area contributed by atoms with Gasteiger partial charge in [-0.15, -0.1) is 0 Å². The molecule has 1 fully saturated rings. The van der Waals surface area contributed by atoms with E-state index in [9.17, 15) is 4.79 Å². The Bertz CT molecular complexity index is 633. The third kappa shape index (κ3) is 4.20. The molecule has 1 aliphatic heterocycles. The van der Waals surface area contributed by atoms with E-state index in [1.807, 2.05) is 35.1 Å². The number of anilines is 1. The van der Waals surface area contributed by atoms with Crippen molar-refractivity contribution in [3.63, 3.8) is 0 Å². The number of nitrogens with zero attached hydrogens (tertiary/aromatic N) is 2. The van der Waals surface area contributed by atoms with Crippen LogP contribution < -0.4 is 5.32 Å². The van der Waals surface area contributed by atoms with E-state index in [0.29, 0.717) is 12.2 Å². The van der Waals surface area contributed by atoms with Crippen molar-refractivity contribution in [3.05, 3.63) is 48.2 Å². The fraction of sp³-hybridized carbons (Fsp3) is 0.444. The molecule has 5 heteroatoms. The molecule has 2 atom stereocenters. The highest BCUT2D eigenvalue weighted by molar-refractivity contribution is 5.89. The molecule has 23 heavy (non-hydrogen) atoms. The van der Waals surface area contributed by atoms with Crippen LogP contribution in [-0.2, 0) is 9.53 Å². The van der Waals surface area contributed by atoms with Gasteiger partial charge in [-0.05, 0) is 31.7 Å². The van der Waals surface area contributed by atoms with Crippen LogP contribution in [0.2, 0.25) is 0 Å². The van der Waals surface area contributed by atoms with Crippen LogP contribution in [0.25, 0.3) is 0 Å². The third-order valence-corrected chi connectivity index (χ3v) is 4.27. The molecule has 0 spiro atoms. The van der Waals surface area contributed by atoms with Gasteiger partial charge in [0.2, 0.25) is 5.91 Å². The zero-order valence-corrected chi connectivity index (χ0v) is 13.4. The molecule has 122 valence electrons. The third-order valence-electron chi connectivity index (χ3n) is 4.27. The molecule has 2 aromatic rings. The average Bonchev–Trinajstić information content (AvgIpc) is 3.25. The molecule has 1 aliphatic rings. The van der Waals surface area contributed by atoms with Crippen LogP contribution >= 0.6 is 0 Å². The Kier molecular flexibility index (Phi) is 5.08. The largest absolute Gasteiger partial charge is 0.378 e. The fourth-order valence-corrected chi connectivity index (χ4v) is 2.87. The van der Waals surface area contributed by atoms with Crippen LogP contribution in [0.1, 0.15) is 44.2 Å². The summed E-state index contributed by atoms with van der Waals surface area (Å²) >= 11 is 0. The second-order valence-electron chi connectivity index (χ2n) is 5.99. The predicted octanol–water partition coefficient (Wildman–Crippen LogP) is 3.39. The smallest absolute Gasteiger partial charge is 0.225 e. The number of carbonyl (C=O) groups is 1. The Labute approximate surface area is 136 Å². The second-order valence-corrected chi connectivity index (χ2v) is 5.99. The first-order valence-corrected chi connectivity index (χ1v) is 8.24. The van der Waals surface area contributed by atoms with Crippen molar-refractivity contribution in [2.24, 2.45) is 0 Å². The van der Waals surface area contributed by atoms with Gasteiger partial charge in [0.15, 0.2) is 5.82 Å². The highest BCUT2D eigenvalue weighted by atomic mass is 16.5. The van der Waals surface area contributed by atoms with E-state index in [0.717, 1.165) is 25.9 Å². The summed E-state index contributed by atoms with van der Waals surface area (Å²) in [7, 11) is 0. The van der Waals surface area contributed by atoms with E-state index < -0.39 is 0 Å². The zero-order valence-electron chi connectivity index (χ0n) is 13.4. The molecule has 3 rings (SSSR count). The summed E-state index contributed by atoms with van der Waals surface area (Å²) in [5, 5.41) is 7.33. The van der Waals surface area contributed by atoms with Crippen molar-refractivity contribution in [3.8, 4) is 0 Å². The summed E-state index contributed by atoms with van der Waals surface area (Å²) in [5.41, 5.74) is 1.19. The molecule has 0 aliphatic carbocycles. The molecular formula is C18H23N3O2. The van der Waals surface area contributed by atoms with Crippen molar-refractivity contribution in [1.82, 2.24) is 9.78 Å². The Balaban J connectivity index is 1.53. The lowest BCUT2D eigenvalue weighted by Gasteiger charge is -2.12. The average molecular weight is 313 g/mol. The fourth-order valence-electron chi connectivity index (χ4n) is 2.87. The minimum atomic E-state index is -0.00175. The van der Waals surface area contributed by atoms with Crippen molar-refractivity contribution in [2.75, 3.05) is 11.9 Å². The van der Waals surface area contributed by atoms with Crippen LogP contribution in [0.3, 0.4) is 0 Å². The van der Waals surface area contributed by atoms with Gasteiger partial charge < -0.3 is 10.1 Å². The highest BCUT2D eigenvalue weighted by Gasteiger charge is 2.17. The van der Waals surface area contributed by atoms with Gasteiger partial charge >= 0.3 is 0 Å². The number of nitrogens with one attached hydrogen (secondary N) is 1.